The molecule has 11 heteroatoms. The van der Waals surface area contributed by atoms with Gasteiger partial charge < -0.3 is 9.67 Å². The van der Waals surface area contributed by atoms with Gasteiger partial charge in [0.1, 0.15) is 5.82 Å². The molecule has 1 saturated carbocycles. The van der Waals surface area contributed by atoms with Crippen molar-refractivity contribution in [3.8, 4) is 0 Å². The van der Waals surface area contributed by atoms with Gasteiger partial charge in [0.25, 0.3) is 0 Å². The molecule has 0 radical (unpaired) electrons. The number of imidazole rings is 1. The minimum absolute atomic E-state index is 0.00908. The largest absolute Gasteiger partial charge is 0.481 e. The number of halogens is 1. The van der Waals surface area contributed by atoms with Gasteiger partial charge in [-0.3, -0.25) is 14.5 Å². The van der Waals surface area contributed by atoms with Crippen molar-refractivity contribution in [3.63, 3.8) is 0 Å². The Morgan fingerprint density at radius 3 is 2.74 bits per heavy atom. The van der Waals surface area contributed by atoms with Crippen molar-refractivity contribution in [1.29, 1.82) is 0 Å². The summed E-state index contributed by atoms with van der Waals surface area (Å²) in [6, 6.07) is 7.01. The van der Waals surface area contributed by atoms with Gasteiger partial charge in [0.05, 0.1) is 35.2 Å². The van der Waals surface area contributed by atoms with E-state index in [4.69, 9.17) is 16.6 Å². The number of nitrogens with zero attached hydrogens (tertiary/aromatic N) is 5. The average Bonchev–Trinajstić information content (AvgIpc) is 3.19. The van der Waals surface area contributed by atoms with Crippen molar-refractivity contribution < 1.29 is 18.3 Å². The first-order valence-electron chi connectivity index (χ1n) is 9.62. The van der Waals surface area contributed by atoms with Crippen LogP contribution >= 0.6 is 11.6 Å². The summed E-state index contributed by atoms with van der Waals surface area (Å²) in [5, 5.41) is 14.7. The van der Waals surface area contributed by atoms with Crippen LogP contribution in [0.5, 0.6) is 0 Å². The average molecular weight is 460 g/mol. The van der Waals surface area contributed by atoms with E-state index in [0.29, 0.717) is 40.1 Å². The number of hydrogen-bond acceptors (Lipinski definition) is 6. The second kappa shape index (κ2) is 7.03. The molecule has 0 saturated heterocycles. The summed E-state index contributed by atoms with van der Waals surface area (Å²) in [6.45, 7) is 0.207. The molecule has 5 rings (SSSR count). The van der Waals surface area contributed by atoms with Gasteiger partial charge in [0.2, 0.25) is 0 Å². The summed E-state index contributed by atoms with van der Waals surface area (Å²) in [5.41, 5.74) is 2.13. The molecule has 1 fully saturated rings. The molecule has 4 aromatic rings. The molecule has 0 unspecified atom stereocenters. The van der Waals surface area contributed by atoms with Crippen LogP contribution < -0.4 is 0 Å². The van der Waals surface area contributed by atoms with Crippen LogP contribution in [0.2, 0.25) is 5.02 Å². The minimum Gasteiger partial charge on any atom is -0.481 e. The highest BCUT2D eigenvalue weighted by Crippen LogP contribution is 2.41. The van der Waals surface area contributed by atoms with Crippen molar-refractivity contribution in [3.05, 3.63) is 47.5 Å². The molecule has 3 aromatic heterocycles. The van der Waals surface area contributed by atoms with E-state index in [-0.39, 0.29) is 23.5 Å². The third kappa shape index (κ3) is 3.35. The van der Waals surface area contributed by atoms with Gasteiger partial charge in [-0.05, 0) is 37.1 Å². The number of carbonyl (C=O) groups is 1. The predicted molar refractivity (Wildman–Crippen MR) is 114 cm³/mol. The van der Waals surface area contributed by atoms with Gasteiger partial charge in [-0.2, -0.15) is 5.10 Å². The van der Waals surface area contributed by atoms with Crippen molar-refractivity contribution in [2.24, 2.45) is 5.92 Å². The second-order valence-electron chi connectivity index (χ2n) is 7.82. The van der Waals surface area contributed by atoms with Crippen LogP contribution in [0.25, 0.3) is 21.9 Å². The molecular formula is C20H18ClN5O4S. The van der Waals surface area contributed by atoms with Crippen LogP contribution in [0.1, 0.15) is 24.7 Å². The summed E-state index contributed by atoms with van der Waals surface area (Å²) in [7, 11) is -3.54. The van der Waals surface area contributed by atoms with Gasteiger partial charge in [-0.1, -0.05) is 11.6 Å². The lowest BCUT2D eigenvalue weighted by atomic mass is 9.80. The lowest BCUT2D eigenvalue weighted by molar-refractivity contribution is -0.145. The Bertz CT molecular complexity index is 1450. The molecule has 160 valence electrons. The highest BCUT2D eigenvalue weighted by Gasteiger charge is 2.37. The van der Waals surface area contributed by atoms with Crippen LogP contribution in [0.3, 0.4) is 0 Å². The Morgan fingerprint density at radius 2 is 2.03 bits per heavy atom. The van der Waals surface area contributed by atoms with E-state index in [1.54, 1.807) is 29.1 Å². The topological polar surface area (TPSA) is 120 Å². The minimum atomic E-state index is -3.54. The van der Waals surface area contributed by atoms with Gasteiger partial charge in [0.15, 0.2) is 14.9 Å². The van der Waals surface area contributed by atoms with Crippen LogP contribution in [-0.2, 0) is 21.2 Å². The Labute approximate surface area is 182 Å². The van der Waals surface area contributed by atoms with E-state index < -0.39 is 15.8 Å². The third-order valence-electron chi connectivity index (χ3n) is 5.71. The quantitative estimate of drug-likeness (QED) is 0.487. The zero-order valence-corrected chi connectivity index (χ0v) is 18.0. The number of carboxylic acids is 1. The van der Waals surface area contributed by atoms with Crippen LogP contribution in [0.4, 0.5) is 0 Å². The van der Waals surface area contributed by atoms with E-state index >= 15 is 0 Å². The fourth-order valence-corrected chi connectivity index (χ4v) is 5.14. The van der Waals surface area contributed by atoms with E-state index in [1.165, 1.54) is 6.20 Å². The first kappa shape index (κ1) is 20.0. The van der Waals surface area contributed by atoms with Crippen molar-refractivity contribution in [2.45, 2.75) is 30.5 Å². The maximum Gasteiger partial charge on any atom is 0.306 e. The summed E-state index contributed by atoms with van der Waals surface area (Å²) in [6.07, 6.45) is 5.24. The van der Waals surface area contributed by atoms with Gasteiger partial charge in [-0.15, -0.1) is 0 Å². The molecule has 9 nitrogen and oxygen atoms in total. The molecule has 1 aliphatic rings. The van der Waals surface area contributed by atoms with Crippen molar-refractivity contribution in [2.75, 3.05) is 6.26 Å². The molecule has 0 atom stereocenters. The highest BCUT2D eigenvalue weighted by molar-refractivity contribution is 7.90. The summed E-state index contributed by atoms with van der Waals surface area (Å²) >= 11 is 6.14. The van der Waals surface area contributed by atoms with Crippen LogP contribution in [-0.4, -0.2) is 50.1 Å². The predicted octanol–water partition coefficient (Wildman–Crippen LogP) is 2.92. The van der Waals surface area contributed by atoms with E-state index in [1.807, 2.05) is 10.6 Å². The Hall–Kier alpha value is -2.98. The molecule has 1 N–H and O–H groups in total. The second-order valence-corrected chi connectivity index (χ2v) is 10.2. The molecule has 1 aliphatic carbocycles. The van der Waals surface area contributed by atoms with E-state index in [0.717, 1.165) is 11.8 Å². The number of fused-ring (bicyclic) bond motifs is 2. The number of carboxylic acid groups (broad SMARTS) is 1. The summed E-state index contributed by atoms with van der Waals surface area (Å²) in [4.78, 5) is 20.1. The molecule has 31 heavy (non-hydrogen) atoms. The first-order valence-corrected chi connectivity index (χ1v) is 11.9. The van der Waals surface area contributed by atoms with Crippen LogP contribution in [0.15, 0.2) is 41.7 Å². The number of aromatic nitrogens is 5. The molecule has 0 spiro atoms. The van der Waals surface area contributed by atoms with E-state index in [2.05, 4.69) is 10.1 Å². The normalized spacial score (nSPS) is 19.0. The Balaban J connectivity index is 1.63. The highest BCUT2D eigenvalue weighted by atomic mass is 35.5. The lowest BCUT2D eigenvalue weighted by Gasteiger charge is -2.34. The van der Waals surface area contributed by atoms with Gasteiger partial charge in [0, 0.05) is 28.9 Å². The number of pyridine rings is 1. The van der Waals surface area contributed by atoms with E-state index in [9.17, 15) is 18.3 Å². The Morgan fingerprint density at radius 1 is 1.26 bits per heavy atom. The summed E-state index contributed by atoms with van der Waals surface area (Å²) in [5.74, 6) is -0.527. The SMILES string of the molecule is CS(=O)(=O)c1nn(Cc2nc3cc(Cl)ccc3n2[C@H]2C[C@H](C(=O)O)C2)c2cnccc12. The fraction of sp³-hybridized carbons (Fsp3) is 0.300. The van der Waals surface area contributed by atoms with Crippen LogP contribution in [0, 0.1) is 5.92 Å². The molecule has 0 amide bonds. The first-order chi connectivity index (χ1) is 14.7. The third-order valence-corrected chi connectivity index (χ3v) is 6.95. The molecule has 0 aliphatic heterocycles. The zero-order valence-electron chi connectivity index (χ0n) is 16.4. The zero-order chi connectivity index (χ0) is 21.9. The molecule has 0 bridgehead atoms. The number of hydrogen-bond donors (Lipinski definition) is 1. The number of sulfone groups is 1. The smallest absolute Gasteiger partial charge is 0.306 e. The summed E-state index contributed by atoms with van der Waals surface area (Å²) < 4.78 is 28.1. The van der Waals surface area contributed by atoms with Gasteiger partial charge in [-0.25, -0.2) is 13.4 Å². The molecule has 3 heterocycles. The standard InChI is InChI=1S/C20H18ClN5O4S/c1-31(29,30)19-14-4-5-22-9-17(14)25(24-19)10-18-23-15-8-12(21)2-3-16(15)26(18)13-6-11(7-13)20(27)28/h2-5,8-9,11,13H,6-7,10H2,1H3,(H,27,28)/t11-,13-. The number of rotatable bonds is 5. The number of aliphatic carboxylic acids is 1. The lowest BCUT2D eigenvalue weighted by Crippen LogP contribution is -2.33. The maximum absolute atomic E-state index is 12.2. The Kier molecular flexibility index (Phi) is 4.52. The monoisotopic (exact) mass is 459 g/mol. The number of benzene rings is 1. The molecular weight excluding hydrogens is 442 g/mol. The van der Waals surface area contributed by atoms with Crippen molar-refractivity contribution >= 4 is 49.3 Å². The maximum atomic E-state index is 12.2. The van der Waals surface area contributed by atoms with Crippen molar-refractivity contribution in [1.82, 2.24) is 24.3 Å². The van der Waals surface area contributed by atoms with Gasteiger partial charge >= 0.3 is 5.97 Å². The molecule has 1 aromatic carbocycles. The fourth-order valence-electron chi connectivity index (χ4n) is 4.16.